The van der Waals surface area contributed by atoms with Gasteiger partial charge in [0, 0.05) is 31.6 Å². The minimum atomic E-state index is -1.04. The smallest absolute Gasteiger partial charge is 0.313 e. The first kappa shape index (κ1) is 21.5. The van der Waals surface area contributed by atoms with E-state index < -0.39 is 16.4 Å². The zero-order chi connectivity index (χ0) is 23.1. The molecule has 2 bridgehead atoms. The number of hydrogen-bond acceptors (Lipinski definition) is 6. The second kappa shape index (κ2) is 6.58. The van der Waals surface area contributed by atoms with Crippen molar-refractivity contribution in [1.29, 1.82) is 0 Å². The highest BCUT2D eigenvalue weighted by atomic mass is 16.6. The van der Waals surface area contributed by atoms with E-state index in [9.17, 15) is 14.4 Å². The van der Waals surface area contributed by atoms with Gasteiger partial charge in [-0.1, -0.05) is 19.0 Å². The van der Waals surface area contributed by atoms with Gasteiger partial charge in [-0.2, -0.15) is 0 Å². The van der Waals surface area contributed by atoms with Crippen LogP contribution >= 0.6 is 0 Å². The highest BCUT2D eigenvalue weighted by Gasteiger charge is 2.76. The predicted molar refractivity (Wildman–Crippen MR) is 115 cm³/mol. The van der Waals surface area contributed by atoms with Crippen molar-refractivity contribution in [2.45, 2.75) is 72.3 Å². The Bertz CT molecular complexity index is 986. The van der Waals surface area contributed by atoms with Gasteiger partial charge in [-0.15, -0.1) is 0 Å². The molecule has 0 N–H and O–H groups in total. The topological polar surface area (TPSA) is 93.0 Å². The van der Waals surface area contributed by atoms with Gasteiger partial charge >= 0.3 is 5.97 Å². The largest absolute Gasteiger partial charge is 0.448 e. The van der Waals surface area contributed by atoms with Crippen molar-refractivity contribution < 1.29 is 23.6 Å². The molecule has 0 radical (unpaired) electrons. The Kier molecular flexibility index (Phi) is 4.41. The van der Waals surface area contributed by atoms with E-state index in [0.717, 1.165) is 19.3 Å². The van der Waals surface area contributed by atoms with E-state index in [1.54, 1.807) is 13.8 Å². The zero-order valence-corrected chi connectivity index (χ0v) is 19.7. The monoisotopic (exact) mass is 443 g/mol. The summed E-state index contributed by atoms with van der Waals surface area (Å²) in [5.41, 5.74) is -0.932. The van der Waals surface area contributed by atoms with E-state index in [4.69, 9.17) is 9.26 Å². The van der Waals surface area contributed by atoms with E-state index in [0.29, 0.717) is 56.0 Å². The maximum absolute atomic E-state index is 13.7. The van der Waals surface area contributed by atoms with Gasteiger partial charge in [0.05, 0.1) is 11.1 Å². The van der Waals surface area contributed by atoms with E-state index >= 15 is 0 Å². The van der Waals surface area contributed by atoms with Gasteiger partial charge in [0.1, 0.15) is 11.3 Å². The van der Waals surface area contributed by atoms with Crippen LogP contribution in [0.1, 0.15) is 74.7 Å². The van der Waals surface area contributed by atoms with Gasteiger partial charge in [-0.3, -0.25) is 14.4 Å². The molecule has 5 rings (SSSR count). The lowest BCUT2D eigenvalue weighted by Gasteiger charge is -2.41. The van der Waals surface area contributed by atoms with Crippen LogP contribution in [0.15, 0.2) is 4.52 Å². The second-order valence-corrected chi connectivity index (χ2v) is 11.1. The lowest BCUT2D eigenvalue weighted by atomic mass is 9.66. The highest BCUT2D eigenvalue weighted by molar-refractivity contribution is 5.97. The molecule has 2 amide bonds. The van der Waals surface area contributed by atoms with Crippen molar-refractivity contribution >= 4 is 17.8 Å². The third-order valence-corrected chi connectivity index (χ3v) is 9.51. The lowest BCUT2D eigenvalue weighted by Crippen LogP contribution is -2.55. The number of carbonyl (C=O) groups excluding carboxylic acids is 3. The Morgan fingerprint density at radius 3 is 2.06 bits per heavy atom. The van der Waals surface area contributed by atoms with Gasteiger partial charge < -0.3 is 19.1 Å². The Hall–Kier alpha value is -2.38. The Morgan fingerprint density at radius 1 is 0.938 bits per heavy atom. The van der Waals surface area contributed by atoms with Crippen molar-refractivity contribution in [3.8, 4) is 0 Å². The van der Waals surface area contributed by atoms with E-state index in [1.807, 2.05) is 30.6 Å². The average Bonchev–Trinajstić information content (AvgIpc) is 3.41. The number of ether oxygens (including phenoxy) is 1. The van der Waals surface area contributed by atoms with Crippen LogP contribution in [-0.2, 0) is 14.3 Å². The maximum Gasteiger partial charge on any atom is 0.313 e. The first-order valence-corrected chi connectivity index (χ1v) is 11.7. The van der Waals surface area contributed by atoms with Gasteiger partial charge in [-0.05, 0) is 58.3 Å². The van der Waals surface area contributed by atoms with Crippen molar-refractivity contribution in [3.05, 3.63) is 17.0 Å². The molecule has 2 atom stereocenters. The first-order valence-electron chi connectivity index (χ1n) is 11.7. The summed E-state index contributed by atoms with van der Waals surface area (Å²) < 4.78 is 11.0. The van der Waals surface area contributed by atoms with Crippen LogP contribution in [0.5, 0.6) is 0 Å². The highest BCUT2D eigenvalue weighted by Crippen LogP contribution is 2.66. The molecule has 4 aliphatic rings. The molecule has 0 aromatic carbocycles. The molecule has 4 fully saturated rings. The number of fused-ring (bicyclic) bond motifs is 2. The van der Waals surface area contributed by atoms with E-state index in [1.165, 1.54) is 0 Å². The Balaban J connectivity index is 1.27. The molecular formula is C24H33N3O5. The third-order valence-electron chi connectivity index (χ3n) is 9.51. The molecule has 1 spiro atoms. The Morgan fingerprint density at radius 2 is 1.56 bits per heavy atom. The second-order valence-electron chi connectivity index (χ2n) is 11.1. The fraction of sp³-hybridized carbons (Fsp3) is 0.750. The number of esters is 1. The molecule has 32 heavy (non-hydrogen) atoms. The van der Waals surface area contributed by atoms with Crippen molar-refractivity contribution in [2.75, 3.05) is 26.2 Å². The SMILES string of the molecule is Cc1noc(C)c1C(=O)N1CCC2(CC1)CCN(C(=O)C13CCC(C)(C(=O)O1)C3(C)C)C2. The van der Waals surface area contributed by atoms with Crippen molar-refractivity contribution in [3.63, 3.8) is 0 Å². The van der Waals surface area contributed by atoms with Gasteiger partial charge in [-0.25, -0.2) is 0 Å². The summed E-state index contributed by atoms with van der Waals surface area (Å²) in [6.45, 7) is 12.2. The molecule has 3 aliphatic heterocycles. The molecule has 4 heterocycles. The summed E-state index contributed by atoms with van der Waals surface area (Å²) in [5, 5.41) is 3.91. The average molecular weight is 444 g/mol. The van der Waals surface area contributed by atoms with Crippen molar-refractivity contribution in [2.24, 2.45) is 16.2 Å². The minimum absolute atomic E-state index is 0.0224. The number of likely N-dealkylation sites (tertiary alicyclic amines) is 2. The molecule has 1 aromatic rings. The molecule has 1 aliphatic carbocycles. The van der Waals surface area contributed by atoms with Gasteiger partial charge in [0.2, 0.25) is 0 Å². The summed E-state index contributed by atoms with van der Waals surface area (Å²) in [5.74, 6) is 0.276. The molecule has 3 saturated heterocycles. The number of piperidine rings is 1. The summed E-state index contributed by atoms with van der Waals surface area (Å²) in [6.07, 6.45) is 3.94. The molecule has 174 valence electrons. The molecule has 2 unspecified atom stereocenters. The zero-order valence-electron chi connectivity index (χ0n) is 19.7. The number of amides is 2. The summed E-state index contributed by atoms with van der Waals surface area (Å²) in [4.78, 5) is 43.1. The molecule has 1 aromatic heterocycles. The number of aromatic nitrogens is 1. The van der Waals surface area contributed by atoms with E-state index in [-0.39, 0.29) is 23.2 Å². The molecular weight excluding hydrogens is 410 g/mol. The third kappa shape index (κ3) is 2.55. The number of rotatable bonds is 2. The lowest BCUT2D eigenvalue weighted by molar-refractivity contribution is -0.173. The number of nitrogens with zero attached hydrogens (tertiary/aromatic N) is 3. The molecule has 8 heteroatoms. The van der Waals surface area contributed by atoms with Crippen LogP contribution in [0, 0.1) is 30.1 Å². The van der Waals surface area contributed by atoms with Crippen LogP contribution in [0.4, 0.5) is 0 Å². The Labute approximate surface area is 188 Å². The normalized spacial score (nSPS) is 32.6. The fourth-order valence-corrected chi connectivity index (χ4v) is 6.62. The van der Waals surface area contributed by atoms with Crippen LogP contribution in [0.3, 0.4) is 0 Å². The summed E-state index contributed by atoms with van der Waals surface area (Å²) in [7, 11) is 0. The van der Waals surface area contributed by atoms with Crippen LogP contribution in [0.2, 0.25) is 0 Å². The quantitative estimate of drug-likeness (QED) is 0.653. The molecule has 8 nitrogen and oxygen atoms in total. The van der Waals surface area contributed by atoms with Crippen molar-refractivity contribution in [1.82, 2.24) is 15.0 Å². The van der Waals surface area contributed by atoms with Crippen LogP contribution in [-0.4, -0.2) is 64.5 Å². The summed E-state index contributed by atoms with van der Waals surface area (Å²) >= 11 is 0. The number of carbonyl (C=O) groups is 3. The van der Waals surface area contributed by atoms with E-state index in [2.05, 4.69) is 5.16 Å². The van der Waals surface area contributed by atoms with Gasteiger partial charge in [0.15, 0.2) is 5.60 Å². The minimum Gasteiger partial charge on any atom is -0.448 e. The van der Waals surface area contributed by atoms with Crippen LogP contribution < -0.4 is 0 Å². The first-order chi connectivity index (χ1) is 15.0. The van der Waals surface area contributed by atoms with Crippen LogP contribution in [0.25, 0.3) is 0 Å². The molecule has 1 saturated carbocycles. The number of hydrogen-bond donors (Lipinski definition) is 0. The van der Waals surface area contributed by atoms with Gasteiger partial charge in [0.25, 0.3) is 11.8 Å². The summed E-state index contributed by atoms with van der Waals surface area (Å²) in [6, 6.07) is 0. The number of aryl methyl sites for hydroxylation is 2. The maximum atomic E-state index is 13.7. The standard InChI is InChI=1S/C24H33N3O5/c1-15-17(16(2)32-25-15)18(28)26-11-8-23(9-12-26)10-13-27(14-23)19(29)24-7-6-22(5,20(30)31-24)21(24,3)4/h6-14H2,1-5H3. The predicted octanol–water partition coefficient (Wildman–Crippen LogP) is 2.87. The fourth-order valence-electron chi connectivity index (χ4n) is 6.62.